The smallest absolute Gasteiger partial charge is 0.346 e. The van der Waals surface area contributed by atoms with Gasteiger partial charge in [0.15, 0.2) is 0 Å². The van der Waals surface area contributed by atoms with Crippen LogP contribution in [0.15, 0.2) is 6.07 Å². The number of aromatic carboxylic acids is 2. The highest BCUT2D eigenvalue weighted by molar-refractivity contribution is 7.16. The van der Waals surface area contributed by atoms with Crippen LogP contribution in [-0.4, -0.2) is 28.1 Å². The Kier molecular flexibility index (Phi) is 2.65. The van der Waals surface area contributed by atoms with E-state index in [0.29, 0.717) is 11.3 Å². The zero-order valence-electron chi connectivity index (χ0n) is 8.44. The number of carboxylic acid groups (broad SMARTS) is 2. The zero-order valence-corrected chi connectivity index (χ0v) is 9.26. The molecule has 0 amide bonds. The van der Waals surface area contributed by atoms with E-state index in [2.05, 4.69) is 0 Å². The molecule has 1 aromatic heterocycles. The topological polar surface area (TPSA) is 74.6 Å². The summed E-state index contributed by atoms with van der Waals surface area (Å²) in [5, 5.41) is 17.6. The molecular formula is C10H8F2O4S. The number of thiophene rings is 1. The molecule has 0 aliphatic heterocycles. The van der Waals surface area contributed by atoms with Crippen LogP contribution in [0.3, 0.4) is 0 Å². The number of carboxylic acids is 2. The lowest BCUT2D eigenvalue weighted by Gasteiger charge is -2.34. The molecule has 1 aliphatic carbocycles. The van der Waals surface area contributed by atoms with E-state index in [4.69, 9.17) is 10.2 Å². The molecule has 0 unspecified atom stereocenters. The molecule has 1 aliphatic rings. The number of hydrogen-bond acceptors (Lipinski definition) is 3. The molecule has 1 aromatic rings. The van der Waals surface area contributed by atoms with Crippen molar-refractivity contribution in [2.75, 3.05) is 0 Å². The maximum absolute atomic E-state index is 12.7. The van der Waals surface area contributed by atoms with Gasteiger partial charge in [0.2, 0.25) is 5.92 Å². The fourth-order valence-corrected chi connectivity index (χ4v) is 2.79. The lowest BCUT2D eigenvalue weighted by molar-refractivity contribution is -0.0868. The Balaban J connectivity index is 2.33. The molecule has 2 N–H and O–H groups in total. The fraction of sp³-hybridized carbons (Fsp3) is 0.400. The second-order valence-corrected chi connectivity index (χ2v) is 5.02. The number of rotatable bonds is 3. The van der Waals surface area contributed by atoms with E-state index in [1.165, 1.54) is 6.07 Å². The summed E-state index contributed by atoms with van der Waals surface area (Å²) < 4.78 is 25.4. The minimum Gasteiger partial charge on any atom is -0.477 e. The van der Waals surface area contributed by atoms with Crippen molar-refractivity contribution in [1.82, 2.24) is 0 Å². The lowest BCUT2D eigenvalue weighted by atomic mass is 9.76. The van der Waals surface area contributed by atoms with E-state index >= 15 is 0 Å². The van der Waals surface area contributed by atoms with Gasteiger partial charge in [0.05, 0.1) is 0 Å². The Bertz CT molecular complexity index is 486. The molecular weight excluding hydrogens is 254 g/mol. The Morgan fingerprint density at radius 3 is 2.29 bits per heavy atom. The summed E-state index contributed by atoms with van der Waals surface area (Å²) >= 11 is 0.609. The molecule has 0 bridgehead atoms. The zero-order chi connectivity index (χ0) is 12.8. The van der Waals surface area contributed by atoms with Gasteiger partial charge < -0.3 is 10.2 Å². The van der Waals surface area contributed by atoms with Crippen molar-refractivity contribution in [2.24, 2.45) is 0 Å². The Morgan fingerprint density at radius 2 is 1.88 bits per heavy atom. The average molecular weight is 262 g/mol. The fourth-order valence-electron chi connectivity index (χ4n) is 1.86. The van der Waals surface area contributed by atoms with Gasteiger partial charge in [0.25, 0.3) is 0 Å². The molecule has 1 fully saturated rings. The Morgan fingerprint density at radius 1 is 1.29 bits per heavy atom. The van der Waals surface area contributed by atoms with E-state index in [1.807, 2.05) is 0 Å². The predicted molar refractivity (Wildman–Crippen MR) is 55.2 cm³/mol. The first kappa shape index (κ1) is 12.0. The van der Waals surface area contributed by atoms with Crippen LogP contribution >= 0.6 is 11.3 Å². The Labute approximate surface area is 98.5 Å². The normalized spacial score (nSPS) is 18.7. The molecule has 0 radical (unpaired) electrons. The van der Waals surface area contributed by atoms with Crippen molar-refractivity contribution >= 4 is 23.3 Å². The summed E-state index contributed by atoms with van der Waals surface area (Å²) in [5.74, 6) is -5.82. The maximum atomic E-state index is 12.7. The first-order chi connectivity index (χ1) is 7.80. The average Bonchev–Trinajstić information content (AvgIpc) is 2.57. The van der Waals surface area contributed by atoms with Crippen LogP contribution < -0.4 is 0 Å². The molecule has 92 valence electrons. The highest BCUT2D eigenvalue weighted by atomic mass is 32.1. The molecule has 1 heterocycles. The molecule has 0 atom stereocenters. The van der Waals surface area contributed by atoms with Crippen molar-refractivity contribution < 1.29 is 28.6 Å². The van der Waals surface area contributed by atoms with Crippen LogP contribution in [-0.2, 0) is 0 Å². The van der Waals surface area contributed by atoms with Gasteiger partial charge in [-0.3, -0.25) is 0 Å². The van der Waals surface area contributed by atoms with Crippen LogP contribution in [0.5, 0.6) is 0 Å². The minimum absolute atomic E-state index is 0.132. The molecule has 4 nitrogen and oxygen atoms in total. The maximum Gasteiger partial charge on any atom is 0.346 e. The van der Waals surface area contributed by atoms with Crippen molar-refractivity contribution in [3.05, 3.63) is 21.4 Å². The summed E-state index contributed by atoms with van der Waals surface area (Å²) in [7, 11) is 0. The van der Waals surface area contributed by atoms with Gasteiger partial charge >= 0.3 is 11.9 Å². The van der Waals surface area contributed by atoms with Crippen LogP contribution in [0.2, 0.25) is 0 Å². The lowest BCUT2D eigenvalue weighted by Crippen LogP contribution is -2.34. The number of alkyl halides is 2. The third-order valence-electron chi connectivity index (χ3n) is 2.70. The standard InChI is InChI=1S/C10H8F2O4S/c11-10(12)2-4(3-10)5-1-6(8(13)14)17-7(5)9(15)16/h1,4H,2-3H2,(H,13,14)(H,15,16). The summed E-state index contributed by atoms with van der Waals surface area (Å²) in [6, 6.07) is 1.19. The third-order valence-corrected chi connectivity index (χ3v) is 3.82. The summed E-state index contributed by atoms with van der Waals surface area (Å²) in [6.07, 6.45) is -0.827. The van der Waals surface area contributed by atoms with Crippen LogP contribution in [0, 0.1) is 0 Å². The van der Waals surface area contributed by atoms with E-state index in [-0.39, 0.29) is 15.3 Å². The molecule has 2 rings (SSSR count). The minimum atomic E-state index is -2.76. The second kappa shape index (κ2) is 3.76. The molecule has 0 spiro atoms. The number of carbonyl (C=O) groups is 2. The van der Waals surface area contributed by atoms with Crippen LogP contribution in [0.25, 0.3) is 0 Å². The quantitative estimate of drug-likeness (QED) is 0.878. The van der Waals surface area contributed by atoms with E-state index < -0.39 is 36.6 Å². The van der Waals surface area contributed by atoms with Gasteiger partial charge in [-0.25, -0.2) is 18.4 Å². The van der Waals surface area contributed by atoms with E-state index in [0.717, 1.165) is 0 Å². The first-order valence-corrected chi connectivity index (χ1v) is 5.60. The van der Waals surface area contributed by atoms with Crippen LogP contribution in [0.1, 0.15) is 43.7 Å². The third kappa shape index (κ3) is 2.14. The largest absolute Gasteiger partial charge is 0.477 e. The van der Waals surface area contributed by atoms with Gasteiger partial charge in [0.1, 0.15) is 9.75 Å². The van der Waals surface area contributed by atoms with Gasteiger partial charge in [-0.1, -0.05) is 0 Å². The van der Waals surface area contributed by atoms with Gasteiger partial charge in [-0.05, 0) is 17.5 Å². The highest BCUT2D eigenvalue weighted by Gasteiger charge is 2.47. The molecule has 17 heavy (non-hydrogen) atoms. The van der Waals surface area contributed by atoms with Crippen LogP contribution in [0.4, 0.5) is 8.78 Å². The van der Waals surface area contributed by atoms with Crippen molar-refractivity contribution in [3.8, 4) is 0 Å². The van der Waals surface area contributed by atoms with Crippen molar-refractivity contribution in [2.45, 2.75) is 24.7 Å². The summed E-state index contributed by atoms with van der Waals surface area (Å²) in [6.45, 7) is 0. The number of halogens is 2. The molecule has 0 saturated heterocycles. The van der Waals surface area contributed by atoms with E-state index in [1.54, 1.807) is 0 Å². The summed E-state index contributed by atoms with van der Waals surface area (Å²) in [4.78, 5) is 21.3. The monoisotopic (exact) mass is 262 g/mol. The Hall–Kier alpha value is -1.50. The van der Waals surface area contributed by atoms with Gasteiger partial charge in [-0.15, -0.1) is 11.3 Å². The first-order valence-electron chi connectivity index (χ1n) is 4.78. The van der Waals surface area contributed by atoms with E-state index in [9.17, 15) is 18.4 Å². The molecule has 1 saturated carbocycles. The predicted octanol–water partition coefficient (Wildman–Crippen LogP) is 2.66. The second-order valence-electron chi connectivity index (χ2n) is 3.97. The number of hydrogen-bond donors (Lipinski definition) is 2. The van der Waals surface area contributed by atoms with Gasteiger partial charge in [-0.2, -0.15) is 0 Å². The van der Waals surface area contributed by atoms with Crippen molar-refractivity contribution in [3.63, 3.8) is 0 Å². The molecule has 0 aromatic carbocycles. The van der Waals surface area contributed by atoms with Crippen molar-refractivity contribution in [1.29, 1.82) is 0 Å². The summed E-state index contributed by atoms with van der Waals surface area (Å²) in [5.41, 5.74) is 0.214. The SMILES string of the molecule is O=C(O)c1cc(C2CC(F)(F)C2)c(C(=O)O)s1. The molecule has 7 heteroatoms. The highest BCUT2D eigenvalue weighted by Crippen LogP contribution is 2.50. The van der Waals surface area contributed by atoms with Gasteiger partial charge in [0, 0.05) is 12.8 Å².